The Kier molecular flexibility index (Phi) is 5.79. The van der Waals surface area contributed by atoms with Gasteiger partial charge in [-0.3, -0.25) is 0 Å². The van der Waals surface area contributed by atoms with E-state index >= 15 is 0 Å². The lowest BCUT2D eigenvalue weighted by Crippen LogP contribution is -2.60. The molecule has 1 N–H and O–H groups in total. The minimum Gasteiger partial charge on any atom is -0.459 e. The highest BCUT2D eigenvalue weighted by Crippen LogP contribution is 2.43. The standard InChI is InChI=1S/C10H10F6O5/c1-5(2)7(18)20-3-6(17)21-4-8(19,9(11,12)13)10(14,15)16/h19H,1,3-4H2,2H3. The van der Waals surface area contributed by atoms with Crippen molar-refractivity contribution in [3.05, 3.63) is 12.2 Å². The average molecular weight is 324 g/mol. The molecule has 0 fully saturated rings. The molecule has 0 aliphatic heterocycles. The number of rotatable bonds is 5. The number of hydrogen-bond donors (Lipinski definition) is 1. The van der Waals surface area contributed by atoms with Gasteiger partial charge in [-0.25, -0.2) is 9.59 Å². The van der Waals surface area contributed by atoms with Crippen molar-refractivity contribution in [3.8, 4) is 0 Å². The molecule has 0 aromatic heterocycles. The smallest absolute Gasteiger partial charge is 0.429 e. The number of hydrogen-bond acceptors (Lipinski definition) is 5. The molecule has 0 aliphatic carbocycles. The van der Waals surface area contributed by atoms with Crippen molar-refractivity contribution in [3.63, 3.8) is 0 Å². The second-order valence-electron chi connectivity index (χ2n) is 3.87. The van der Waals surface area contributed by atoms with E-state index in [-0.39, 0.29) is 5.57 Å². The maximum atomic E-state index is 12.2. The van der Waals surface area contributed by atoms with E-state index in [4.69, 9.17) is 5.11 Å². The van der Waals surface area contributed by atoms with Gasteiger partial charge in [0, 0.05) is 5.57 Å². The Balaban J connectivity index is 4.70. The molecule has 0 bridgehead atoms. The summed E-state index contributed by atoms with van der Waals surface area (Å²) in [5, 5.41) is 8.65. The SMILES string of the molecule is C=C(C)C(=O)OCC(=O)OCC(O)(C(F)(F)F)C(F)(F)F. The van der Waals surface area contributed by atoms with E-state index in [2.05, 4.69) is 16.1 Å². The van der Waals surface area contributed by atoms with Gasteiger partial charge < -0.3 is 14.6 Å². The van der Waals surface area contributed by atoms with Crippen molar-refractivity contribution in [2.45, 2.75) is 24.9 Å². The van der Waals surface area contributed by atoms with Gasteiger partial charge in [-0.2, -0.15) is 26.3 Å². The third-order valence-corrected chi connectivity index (χ3v) is 2.05. The first-order chi connectivity index (χ1) is 9.22. The lowest BCUT2D eigenvalue weighted by atomic mass is 10.0. The minimum absolute atomic E-state index is 0.148. The van der Waals surface area contributed by atoms with E-state index in [1.54, 1.807) is 0 Å². The summed E-state index contributed by atoms with van der Waals surface area (Å²) in [6, 6.07) is 0. The van der Waals surface area contributed by atoms with E-state index < -0.39 is 43.1 Å². The van der Waals surface area contributed by atoms with Gasteiger partial charge in [0.1, 0.15) is 6.61 Å². The predicted octanol–water partition coefficient (Wildman–Crippen LogP) is 1.50. The van der Waals surface area contributed by atoms with Crippen LogP contribution < -0.4 is 0 Å². The van der Waals surface area contributed by atoms with Gasteiger partial charge in [0.25, 0.3) is 5.60 Å². The van der Waals surface area contributed by atoms with Crippen molar-refractivity contribution >= 4 is 11.9 Å². The van der Waals surface area contributed by atoms with Crippen LogP contribution in [0.2, 0.25) is 0 Å². The summed E-state index contributed by atoms with van der Waals surface area (Å²) in [6.45, 7) is 0.675. The lowest BCUT2D eigenvalue weighted by Gasteiger charge is -2.31. The van der Waals surface area contributed by atoms with Gasteiger partial charge in [-0.15, -0.1) is 0 Å². The zero-order chi connectivity index (χ0) is 17.1. The van der Waals surface area contributed by atoms with Crippen molar-refractivity contribution < 1.29 is 50.5 Å². The fourth-order valence-corrected chi connectivity index (χ4v) is 0.799. The lowest BCUT2D eigenvalue weighted by molar-refractivity contribution is -0.375. The van der Waals surface area contributed by atoms with Crippen LogP contribution in [0.4, 0.5) is 26.3 Å². The molecular weight excluding hydrogens is 314 g/mol. The van der Waals surface area contributed by atoms with E-state index in [0.29, 0.717) is 0 Å². The van der Waals surface area contributed by atoms with Gasteiger partial charge in [-0.1, -0.05) is 6.58 Å². The normalized spacial score (nSPS) is 12.8. The molecule has 0 spiro atoms. The fraction of sp³-hybridized carbons (Fsp3) is 0.600. The quantitative estimate of drug-likeness (QED) is 0.471. The molecule has 5 nitrogen and oxygen atoms in total. The number of alkyl halides is 6. The summed E-state index contributed by atoms with van der Waals surface area (Å²) < 4.78 is 81.1. The van der Waals surface area contributed by atoms with Crippen LogP contribution in [0.1, 0.15) is 6.92 Å². The molecule has 21 heavy (non-hydrogen) atoms. The molecule has 0 aromatic carbocycles. The van der Waals surface area contributed by atoms with Crippen LogP contribution in [0.25, 0.3) is 0 Å². The zero-order valence-corrected chi connectivity index (χ0v) is 10.5. The van der Waals surface area contributed by atoms with Crippen LogP contribution in [-0.4, -0.2) is 48.2 Å². The number of esters is 2. The maximum Gasteiger partial charge on any atom is 0.429 e. The summed E-state index contributed by atoms with van der Waals surface area (Å²) in [5.74, 6) is -2.79. The van der Waals surface area contributed by atoms with E-state index in [0.717, 1.165) is 0 Å². The summed E-state index contributed by atoms with van der Waals surface area (Å²) >= 11 is 0. The molecule has 0 saturated heterocycles. The summed E-state index contributed by atoms with van der Waals surface area (Å²) in [4.78, 5) is 21.7. The molecular formula is C10H10F6O5. The first-order valence-corrected chi connectivity index (χ1v) is 5.06. The van der Waals surface area contributed by atoms with Gasteiger partial charge in [0.15, 0.2) is 6.61 Å². The Morgan fingerprint density at radius 3 is 1.81 bits per heavy atom. The monoisotopic (exact) mass is 324 g/mol. The average Bonchev–Trinajstić information content (AvgIpc) is 2.29. The Bertz CT molecular complexity index is 411. The summed E-state index contributed by atoms with van der Waals surface area (Å²) in [7, 11) is 0. The van der Waals surface area contributed by atoms with Crippen LogP contribution >= 0.6 is 0 Å². The molecule has 0 amide bonds. The maximum absolute atomic E-state index is 12.2. The van der Waals surface area contributed by atoms with Crippen molar-refractivity contribution in [1.29, 1.82) is 0 Å². The second-order valence-corrected chi connectivity index (χ2v) is 3.87. The molecule has 0 heterocycles. The predicted molar refractivity (Wildman–Crippen MR) is 53.8 cm³/mol. The molecule has 0 aliphatic rings. The van der Waals surface area contributed by atoms with Crippen molar-refractivity contribution in [2.75, 3.05) is 13.2 Å². The third-order valence-electron chi connectivity index (χ3n) is 2.05. The number of ether oxygens (including phenoxy) is 2. The van der Waals surface area contributed by atoms with Gasteiger partial charge in [-0.05, 0) is 6.92 Å². The highest BCUT2D eigenvalue weighted by Gasteiger charge is 2.71. The molecule has 0 atom stereocenters. The first kappa shape index (κ1) is 19.2. The van der Waals surface area contributed by atoms with Crippen molar-refractivity contribution in [2.24, 2.45) is 0 Å². The Hall–Kier alpha value is -1.78. The summed E-state index contributed by atoms with van der Waals surface area (Å²) in [6.07, 6.45) is -12.2. The number of carbonyl (C=O) groups excluding carboxylic acids is 2. The largest absolute Gasteiger partial charge is 0.459 e. The van der Waals surface area contributed by atoms with Crippen LogP contribution in [-0.2, 0) is 19.1 Å². The van der Waals surface area contributed by atoms with Gasteiger partial charge in [0.2, 0.25) is 0 Å². The van der Waals surface area contributed by atoms with E-state index in [1.165, 1.54) is 6.92 Å². The van der Waals surface area contributed by atoms with Crippen LogP contribution in [0, 0.1) is 0 Å². The molecule has 0 unspecified atom stereocenters. The molecule has 0 rings (SSSR count). The fourth-order valence-electron chi connectivity index (χ4n) is 0.799. The molecule has 11 heteroatoms. The Morgan fingerprint density at radius 2 is 1.48 bits per heavy atom. The van der Waals surface area contributed by atoms with E-state index in [9.17, 15) is 35.9 Å². The Labute approximate surface area is 114 Å². The number of halogens is 6. The minimum atomic E-state index is -6.11. The highest BCUT2D eigenvalue weighted by molar-refractivity contribution is 5.88. The number of aliphatic hydroxyl groups is 1. The summed E-state index contributed by atoms with van der Waals surface area (Å²) in [5.41, 5.74) is -5.36. The van der Waals surface area contributed by atoms with Crippen molar-refractivity contribution in [1.82, 2.24) is 0 Å². The molecule has 0 radical (unpaired) electrons. The molecule has 122 valence electrons. The van der Waals surface area contributed by atoms with Crippen LogP contribution in [0.5, 0.6) is 0 Å². The van der Waals surface area contributed by atoms with Gasteiger partial charge >= 0.3 is 24.3 Å². The van der Waals surface area contributed by atoms with E-state index in [1.807, 2.05) is 0 Å². The van der Waals surface area contributed by atoms with Crippen LogP contribution in [0.3, 0.4) is 0 Å². The second kappa shape index (κ2) is 6.33. The third kappa shape index (κ3) is 4.92. The van der Waals surface area contributed by atoms with Gasteiger partial charge in [0.05, 0.1) is 0 Å². The first-order valence-electron chi connectivity index (χ1n) is 5.06. The topological polar surface area (TPSA) is 72.8 Å². The zero-order valence-electron chi connectivity index (χ0n) is 10.5. The molecule has 0 aromatic rings. The number of carbonyl (C=O) groups is 2. The molecule has 0 saturated carbocycles. The highest BCUT2D eigenvalue weighted by atomic mass is 19.4. The van der Waals surface area contributed by atoms with Crippen LogP contribution in [0.15, 0.2) is 12.2 Å². The Morgan fingerprint density at radius 1 is 1.05 bits per heavy atom.